The number of nitrogens with one attached hydrogen (secondary N) is 1. The third-order valence-corrected chi connectivity index (χ3v) is 5.27. The second kappa shape index (κ2) is 5.91. The number of hydrogen-bond donors (Lipinski definition) is 1. The lowest BCUT2D eigenvalue weighted by atomic mass is 10.0. The second-order valence-electron chi connectivity index (χ2n) is 5.49. The van der Waals surface area contributed by atoms with E-state index >= 15 is 0 Å². The van der Waals surface area contributed by atoms with E-state index in [0.717, 1.165) is 0 Å². The van der Waals surface area contributed by atoms with Gasteiger partial charge in [-0.15, -0.1) is 0 Å². The molecular weight excluding hydrogens is 312 g/mol. The molecule has 9 heteroatoms. The summed E-state index contributed by atoms with van der Waals surface area (Å²) in [6, 6.07) is 5.34. The summed E-state index contributed by atoms with van der Waals surface area (Å²) in [7, 11) is -3.10. The smallest absolute Gasteiger partial charge is 0.269 e. The van der Waals surface area contributed by atoms with Gasteiger partial charge in [0.05, 0.1) is 22.0 Å². The number of non-ortho nitro benzene ring substituents is 1. The fraction of sp³-hybridized carbons (Fsp3) is 0.462. The van der Waals surface area contributed by atoms with Crippen LogP contribution in [0.5, 0.6) is 5.75 Å². The van der Waals surface area contributed by atoms with E-state index in [1.807, 2.05) is 0 Å². The van der Waals surface area contributed by atoms with Crippen molar-refractivity contribution >= 4 is 21.4 Å². The molecule has 120 valence electrons. The van der Waals surface area contributed by atoms with Crippen molar-refractivity contribution in [3.8, 4) is 5.75 Å². The summed E-state index contributed by atoms with van der Waals surface area (Å²) in [4.78, 5) is 21.8. The van der Waals surface area contributed by atoms with E-state index in [4.69, 9.17) is 4.74 Å². The van der Waals surface area contributed by atoms with Crippen LogP contribution in [-0.2, 0) is 14.6 Å². The fourth-order valence-electron chi connectivity index (χ4n) is 2.29. The maximum atomic E-state index is 11.8. The lowest BCUT2D eigenvalue weighted by molar-refractivity contribution is -0.384. The SMILES string of the molecule is C[C@@]1(NC(=O)COc2ccc([N+](=O)[O-])cc2)CCS(=O)(=O)C1. The van der Waals surface area contributed by atoms with Crippen LogP contribution in [0.4, 0.5) is 5.69 Å². The maximum absolute atomic E-state index is 11.8. The van der Waals surface area contributed by atoms with Crippen LogP contribution in [0.15, 0.2) is 24.3 Å². The molecule has 1 aliphatic rings. The molecule has 0 saturated carbocycles. The first kappa shape index (κ1) is 16.2. The highest BCUT2D eigenvalue weighted by Crippen LogP contribution is 2.23. The largest absolute Gasteiger partial charge is 0.484 e. The van der Waals surface area contributed by atoms with Crippen LogP contribution in [0.3, 0.4) is 0 Å². The van der Waals surface area contributed by atoms with Gasteiger partial charge in [0.1, 0.15) is 5.75 Å². The highest BCUT2D eigenvalue weighted by Gasteiger charge is 2.39. The van der Waals surface area contributed by atoms with Gasteiger partial charge in [0.25, 0.3) is 11.6 Å². The number of ether oxygens (including phenoxy) is 1. The Morgan fingerprint density at radius 2 is 2.05 bits per heavy atom. The van der Waals surface area contributed by atoms with Crippen LogP contribution in [0.2, 0.25) is 0 Å². The summed E-state index contributed by atoms with van der Waals surface area (Å²) >= 11 is 0. The lowest BCUT2D eigenvalue weighted by Crippen LogP contribution is -2.48. The molecule has 1 N–H and O–H groups in total. The molecule has 2 rings (SSSR count). The molecule has 0 bridgehead atoms. The van der Waals surface area contributed by atoms with Crippen molar-refractivity contribution in [3.63, 3.8) is 0 Å². The molecule has 0 unspecified atom stereocenters. The van der Waals surface area contributed by atoms with Crippen molar-refractivity contribution in [2.45, 2.75) is 18.9 Å². The van der Waals surface area contributed by atoms with Crippen molar-refractivity contribution in [2.75, 3.05) is 18.1 Å². The number of hydrogen-bond acceptors (Lipinski definition) is 6. The van der Waals surface area contributed by atoms with E-state index in [9.17, 15) is 23.3 Å². The predicted molar refractivity (Wildman–Crippen MR) is 78.4 cm³/mol. The fourth-order valence-corrected chi connectivity index (χ4v) is 4.39. The quantitative estimate of drug-likeness (QED) is 0.627. The zero-order chi connectivity index (χ0) is 16.4. The molecule has 8 nitrogen and oxygen atoms in total. The van der Waals surface area contributed by atoms with Gasteiger partial charge in [-0.1, -0.05) is 0 Å². The molecular formula is C13H16N2O6S. The third-order valence-electron chi connectivity index (χ3n) is 3.36. The zero-order valence-electron chi connectivity index (χ0n) is 11.9. The van der Waals surface area contributed by atoms with Crippen LogP contribution < -0.4 is 10.1 Å². The monoisotopic (exact) mass is 328 g/mol. The summed E-state index contributed by atoms with van der Waals surface area (Å²) < 4.78 is 28.1. The maximum Gasteiger partial charge on any atom is 0.269 e. The molecule has 1 aliphatic heterocycles. The van der Waals surface area contributed by atoms with Gasteiger partial charge in [0.15, 0.2) is 16.4 Å². The van der Waals surface area contributed by atoms with Crippen LogP contribution in [-0.4, -0.2) is 42.9 Å². The number of carbonyl (C=O) groups excluding carboxylic acids is 1. The number of benzene rings is 1. The molecule has 22 heavy (non-hydrogen) atoms. The van der Waals surface area contributed by atoms with Gasteiger partial charge in [-0.2, -0.15) is 0 Å². The van der Waals surface area contributed by atoms with E-state index in [-0.39, 0.29) is 23.8 Å². The average Bonchev–Trinajstić information content (AvgIpc) is 2.70. The normalized spacial score (nSPS) is 23.0. The average molecular weight is 328 g/mol. The molecule has 0 spiro atoms. The minimum Gasteiger partial charge on any atom is -0.484 e. The van der Waals surface area contributed by atoms with Crippen LogP contribution in [0.1, 0.15) is 13.3 Å². The summed E-state index contributed by atoms with van der Waals surface area (Å²) in [5.74, 6) is -0.126. The van der Waals surface area contributed by atoms with Gasteiger partial charge in [-0.05, 0) is 25.5 Å². The van der Waals surface area contributed by atoms with Crippen molar-refractivity contribution in [3.05, 3.63) is 34.4 Å². The number of rotatable bonds is 5. The van der Waals surface area contributed by atoms with Gasteiger partial charge >= 0.3 is 0 Å². The Balaban J connectivity index is 1.87. The number of nitro benzene ring substituents is 1. The molecule has 1 fully saturated rings. The molecule has 1 saturated heterocycles. The first-order valence-corrected chi connectivity index (χ1v) is 8.40. The van der Waals surface area contributed by atoms with Gasteiger partial charge in [0, 0.05) is 12.1 Å². The van der Waals surface area contributed by atoms with Gasteiger partial charge in [-0.25, -0.2) is 8.42 Å². The van der Waals surface area contributed by atoms with Gasteiger partial charge < -0.3 is 10.1 Å². The highest BCUT2D eigenvalue weighted by molar-refractivity contribution is 7.91. The predicted octanol–water partition coefficient (Wildman–Crippen LogP) is 0.667. The Hall–Kier alpha value is -2.16. The van der Waals surface area contributed by atoms with E-state index in [2.05, 4.69) is 5.32 Å². The minimum atomic E-state index is -3.10. The van der Waals surface area contributed by atoms with Crippen LogP contribution >= 0.6 is 0 Å². The summed E-state index contributed by atoms with van der Waals surface area (Å²) in [5.41, 5.74) is -0.838. The van der Waals surface area contributed by atoms with E-state index in [1.54, 1.807) is 6.92 Å². The molecule has 0 aliphatic carbocycles. The Morgan fingerprint density at radius 1 is 1.41 bits per heavy atom. The molecule has 1 aromatic rings. The summed E-state index contributed by atoms with van der Waals surface area (Å²) in [6.45, 7) is 1.40. The Labute approximate surface area is 127 Å². The third kappa shape index (κ3) is 4.17. The first-order valence-electron chi connectivity index (χ1n) is 6.58. The lowest BCUT2D eigenvalue weighted by Gasteiger charge is -2.23. The number of amides is 1. The first-order chi connectivity index (χ1) is 10.2. The van der Waals surface area contributed by atoms with Crippen molar-refractivity contribution in [1.29, 1.82) is 0 Å². The van der Waals surface area contributed by atoms with Crippen LogP contribution in [0, 0.1) is 10.1 Å². The number of carbonyl (C=O) groups is 1. The molecule has 1 aromatic carbocycles. The van der Waals surface area contributed by atoms with E-state index < -0.39 is 26.2 Å². The van der Waals surface area contributed by atoms with Gasteiger partial charge in [-0.3, -0.25) is 14.9 Å². The van der Waals surface area contributed by atoms with E-state index in [0.29, 0.717) is 12.2 Å². The van der Waals surface area contributed by atoms with Crippen molar-refractivity contribution in [2.24, 2.45) is 0 Å². The Kier molecular flexibility index (Phi) is 4.36. The second-order valence-corrected chi connectivity index (χ2v) is 7.67. The molecule has 1 amide bonds. The number of nitro groups is 1. The van der Waals surface area contributed by atoms with Crippen molar-refractivity contribution < 1.29 is 22.9 Å². The number of sulfone groups is 1. The van der Waals surface area contributed by atoms with Crippen LogP contribution in [0.25, 0.3) is 0 Å². The summed E-state index contributed by atoms with van der Waals surface area (Å²) in [6.07, 6.45) is 0.374. The van der Waals surface area contributed by atoms with Gasteiger partial charge in [0.2, 0.25) is 0 Å². The molecule has 1 atom stereocenters. The highest BCUT2D eigenvalue weighted by atomic mass is 32.2. The topological polar surface area (TPSA) is 116 Å². The molecule has 0 aromatic heterocycles. The van der Waals surface area contributed by atoms with Crippen molar-refractivity contribution in [1.82, 2.24) is 5.32 Å². The number of nitrogens with zero attached hydrogens (tertiary/aromatic N) is 1. The zero-order valence-corrected chi connectivity index (χ0v) is 12.8. The Bertz CT molecular complexity index is 685. The molecule has 0 radical (unpaired) electrons. The summed E-state index contributed by atoms with van der Waals surface area (Å²) in [5, 5.41) is 13.2. The molecule has 1 heterocycles. The van der Waals surface area contributed by atoms with E-state index in [1.165, 1.54) is 24.3 Å². The standard InChI is InChI=1S/C13H16N2O6S/c1-13(6-7-22(19,20)9-13)14-12(16)8-21-11-4-2-10(3-5-11)15(17)18/h2-5H,6-9H2,1H3,(H,14,16)/t13-/m1/s1. The Morgan fingerprint density at radius 3 is 2.55 bits per heavy atom. The minimum absolute atomic E-state index is 0.0625.